The summed E-state index contributed by atoms with van der Waals surface area (Å²) in [5.74, 6) is -0.328. The first-order valence-electron chi connectivity index (χ1n) is 6.10. The Bertz CT molecular complexity index is 697. The summed E-state index contributed by atoms with van der Waals surface area (Å²) < 4.78 is 1.13. The van der Waals surface area contributed by atoms with Crippen LogP contribution in [0.15, 0.2) is 41.3 Å². The number of hydrogen-bond donors (Lipinski definition) is 1. The summed E-state index contributed by atoms with van der Waals surface area (Å²) in [5, 5.41) is 7.18. The molecule has 0 radical (unpaired) electrons. The molecule has 1 atom stereocenters. The predicted octanol–water partition coefficient (Wildman–Crippen LogP) is 2.40. The van der Waals surface area contributed by atoms with Crippen molar-refractivity contribution in [1.29, 1.82) is 0 Å². The number of halogens is 1. The highest BCUT2D eigenvalue weighted by molar-refractivity contribution is 6.31. The van der Waals surface area contributed by atoms with Crippen LogP contribution < -0.4 is 10.9 Å². The molecule has 104 valence electrons. The minimum Gasteiger partial charge on any atom is -0.324 e. The van der Waals surface area contributed by atoms with Crippen molar-refractivity contribution in [2.75, 3.05) is 5.32 Å². The standard InChI is InChI=1S/C14H14ClN3O2/c1-9-5-6-11(8-12(9)15)17-14(20)10(2)18-13(19)4-3-7-16-18/h3-8,10H,1-2H3,(H,17,20). The monoisotopic (exact) mass is 291 g/mol. The zero-order valence-corrected chi connectivity index (χ0v) is 11.9. The summed E-state index contributed by atoms with van der Waals surface area (Å²) >= 11 is 6.00. The Kier molecular flexibility index (Phi) is 4.20. The molecule has 1 amide bonds. The van der Waals surface area contributed by atoms with E-state index in [9.17, 15) is 9.59 Å². The van der Waals surface area contributed by atoms with Gasteiger partial charge in [0.1, 0.15) is 6.04 Å². The molecular weight excluding hydrogens is 278 g/mol. The highest BCUT2D eigenvalue weighted by Gasteiger charge is 2.17. The van der Waals surface area contributed by atoms with E-state index in [0.29, 0.717) is 10.7 Å². The summed E-state index contributed by atoms with van der Waals surface area (Å²) in [6.45, 7) is 3.49. The minimum absolute atomic E-state index is 0.322. The van der Waals surface area contributed by atoms with Crippen molar-refractivity contribution in [2.45, 2.75) is 19.9 Å². The van der Waals surface area contributed by atoms with Gasteiger partial charge in [0.2, 0.25) is 5.91 Å². The summed E-state index contributed by atoms with van der Waals surface area (Å²) in [5.41, 5.74) is 1.19. The molecular formula is C14H14ClN3O2. The molecule has 1 unspecified atom stereocenters. The summed E-state index contributed by atoms with van der Waals surface area (Å²) in [6.07, 6.45) is 1.47. The maximum Gasteiger partial charge on any atom is 0.267 e. The lowest BCUT2D eigenvalue weighted by Crippen LogP contribution is -2.32. The van der Waals surface area contributed by atoms with Gasteiger partial charge in [-0.25, -0.2) is 4.68 Å². The second-order valence-electron chi connectivity index (χ2n) is 4.44. The molecule has 2 aromatic rings. The van der Waals surface area contributed by atoms with Gasteiger partial charge in [-0.05, 0) is 37.6 Å². The average molecular weight is 292 g/mol. The van der Waals surface area contributed by atoms with Crippen LogP contribution in [-0.4, -0.2) is 15.7 Å². The Morgan fingerprint density at radius 1 is 1.40 bits per heavy atom. The smallest absolute Gasteiger partial charge is 0.267 e. The van der Waals surface area contributed by atoms with E-state index in [2.05, 4.69) is 10.4 Å². The maximum absolute atomic E-state index is 12.1. The van der Waals surface area contributed by atoms with Crippen molar-refractivity contribution in [3.8, 4) is 0 Å². The molecule has 20 heavy (non-hydrogen) atoms. The number of benzene rings is 1. The molecule has 1 aromatic carbocycles. The molecule has 0 spiro atoms. The molecule has 0 bridgehead atoms. The first-order chi connectivity index (χ1) is 9.49. The van der Waals surface area contributed by atoms with E-state index in [1.54, 1.807) is 19.1 Å². The van der Waals surface area contributed by atoms with Crippen LogP contribution in [0.25, 0.3) is 0 Å². The van der Waals surface area contributed by atoms with Crippen LogP contribution in [0, 0.1) is 6.92 Å². The van der Waals surface area contributed by atoms with Crippen LogP contribution in [0.3, 0.4) is 0 Å². The fraction of sp³-hybridized carbons (Fsp3) is 0.214. The van der Waals surface area contributed by atoms with E-state index in [-0.39, 0.29) is 11.5 Å². The van der Waals surface area contributed by atoms with Crippen molar-refractivity contribution < 1.29 is 4.79 Å². The highest BCUT2D eigenvalue weighted by atomic mass is 35.5. The van der Waals surface area contributed by atoms with Gasteiger partial charge in [0, 0.05) is 23.0 Å². The van der Waals surface area contributed by atoms with Crippen molar-refractivity contribution in [2.24, 2.45) is 0 Å². The Labute approximate surface area is 121 Å². The van der Waals surface area contributed by atoms with E-state index >= 15 is 0 Å². The number of aryl methyl sites for hydroxylation is 1. The molecule has 2 rings (SSSR count). The first kappa shape index (κ1) is 14.3. The SMILES string of the molecule is Cc1ccc(NC(=O)C(C)n2ncccc2=O)cc1Cl. The normalized spacial score (nSPS) is 11.9. The van der Waals surface area contributed by atoms with Crippen LogP contribution in [-0.2, 0) is 4.79 Å². The van der Waals surface area contributed by atoms with Gasteiger partial charge in [-0.2, -0.15) is 5.10 Å². The average Bonchev–Trinajstić information content (AvgIpc) is 2.42. The van der Waals surface area contributed by atoms with Crippen LogP contribution in [0.1, 0.15) is 18.5 Å². The van der Waals surface area contributed by atoms with Gasteiger partial charge in [-0.3, -0.25) is 9.59 Å². The van der Waals surface area contributed by atoms with Gasteiger partial charge in [0.25, 0.3) is 5.56 Å². The fourth-order valence-corrected chi connectivity index (χ4v) is 1.87. The Hall–Kier alpha value is -2.14. The van der Waals surface area contributed by atoms with Crippen LogP contribution >= 0.6 is 11.6 Å². The lowest BCUT2D eigenvalue weighted by molar-refractivity contribution is -0.119. The van der Waals surface area contributed by atoms with Crippen molar-refractivity contribution in [3.05, 3.63) is 57.5 Å². The number of aromatic nitrogens is 2. The number of carbonyl (C=O) groups excluding carboxylic acids is 1. The Balaban J connectivity index is 2.18. The molecule has 6 heteroatoms. The molecule has 1 heterocycles. The van der Waals surface area contributed by atoms with Gasteiger partial charge in [0.05, 0.1) is 0 Å². The number of nitrogens with one attached hydrogen (secondary N) is 1. The third kappa shape index (κ3) is 3.05. The Morgan fingerprint density at radius 3 is 2.80 bits per heavy atom. The molecule has 0 saturated heterocycles. The second kappa shape index (κ2) is 5.88. The van der Waals surface area contributed by atoms with E-state index in [1.165, 1.54) is 18.3 Å². The van der Waals surface area contributed by atoms with E-state index < -0.39 is 6.04 Å². The first-order valence-corrected chi connectivity index (χ1v) is 6.47. The quantitative estimate of drug-likeness (QED) is 0.944. The zero-order chi connectivity index (χ0) is 14.7. The van der Waals surface area contributed by atoms with Crippen LogP contribution in [0.4, 0.5) is 5.69 Å². The highest BCUT2D eigenvalue weighted by Crippen LogP contribution is 2.20. The lowest BCUT2D eigenvalue weighted by atomic mass is 10.2. The molecule has 1 aromatic heterocycles. The number of nitrogens with zero attached hydrogens (tertiary/aromatic N) is 2. The van der Waals surface area contributed by atoms with Crippen LogP contribution in [0.5, 0.6) is 0 Å². The van der Waals surface area contributed by atoms with Crippen molar-refractivity contribution in [3.63, 3.8) is 0 Å². The third-order valence-electron chi connectivity index (χ3n) is 2.93. The predicted molar refractivity (Wildman–Crippen MR) is 78.0 cm³/mol. The molecule has 0 aliphatic carbocycles. The molecule has 0 saturated carbocycles. The summed E-state index contributed by atoms with van der Waals surface area (Å²) in [7, 11) is 0. The number of hydrogen-bond acceptors (Lipinski definition) is 3. The largest absolute Gasteiger partial charge is 0.324 e. The molecule has 0 fully saturated rings. The number of anilines is 1. The lowest BCUT2D eigenvalue weighted by Gasteiger charge is -2.14. The van der Waals surface area contributed by atoms with Gasteiger partial charge >= 0.3 is 0 Å². The molecule has 0 aliphatic rings. The van der Waals surface area contributed by atoms with Gasteiger partial charge in [0.15, 0.2) is 0 Å². The molecule has 5 nitrogen and oxygen atoms in total. The van der Waals surface area contributed by atoms with Crippen molar-refractivity contribution in [1.82, 2.24) is 9.78 Å². The minimum atomic E-state index is -0.705. The van der Waals surface area contributed by atoms with Gasteiger partial charge in [-0.15, -0.1) is 0 Å². The van der Waals surface area contributed by atoms with E-state index in [1.807, 2.05) is 13.0 Å². The fourth-order valence-electron chi connectivity index (χ4n) is 1.69. The van der Waals surface area contributed by atoms with E-state index in [4.69, 9.17) is 11.6 Å². The summed E-state index contributed by atoms with van der Waals surface area (Å²) in [6, 6.07) is 7.43. The van der Waals surface area contributed by atoms with Crippen LogP contribution in [0.2, 0.25) is 5.02 Å². The molecule has 1 N–H and O–H groups in total. The zero-order valence-electron chi connectivity index (χ0n) is 11.1. The van der Waals surface area contributed by atoms with Crippen molar-refractivity contribution >= 4 is 23.2 Å². The number of amides is 1. The third-order valence-corrected chi connectivity index (χ3v) is 3.33. The molecule has 0 aliphatic heterocycles. The van der Waals surface area contributed by atoms with Gasteiger partial charge < -0.3 is 5.32 Å². The number of carbonyl (C=O) groups is 1. The Morgan fingerprint density at radius 2 is 2.15 bits per heavy atom. The maximum atomic E-state index is 12.1. The second-order valence-corrected chi connectivity index (χ2v) is 4.84. The summed E-state index contributed by atoms with van der Waals surface area (Å²) in [4.78, 5) is 23.7. The topological polar surface area (TPSA) is 64.0 Å². The van der Waals surface area contributed by atoms with E-state index in [0.717, 1.165) is 10.2 Å². The number of rotatable bonds is 3. The van der Waals surface area contributed by atoms with Gasteiger partial charge in [-0.1, -0.05) is 17.7 Å².